The van der Waals surface area contributed by atoms with Crippen molar-refractivity contribution < 1.29 is 0 Å². The molecule has 0 bridgehead atoms. The van der Waals surface area contributed by atoms with Gasteiger partial charge < -0.3 is 10.6 Å². The van der Waals surface area contributed by atoms with E-state index < -0.39 is 0 Å². The summed E-state index contributed by atoms with van der Waals surface area (Å²) in [5, 5.41) is 0.853. The Morgan fingerprint density at radius 3 is 2.89 bits per heavy atom. The Kier molecular flexibility index (Phi) is 5.01. The molecule has 0 aromatic carbocycles. The van der Waals surface area contributed by atoms with Gasteiger partial charge in [0.2, 0.25) is 0 Å². The second-order valence-corrected chi connectivity index (χ2v) is 8.40. The molecule has 0 aromatic heterocycles. The molecule has 2 fully saturated rings. The molecule has 1 aliphatic carbocycles. The van der Waals surface area contributed by atoms with Crippen LogP contribution in [0.4, 0.5) is 0 Å². The third-order valence-electron chi connectivity index (χ3n) is 4.75. The molecule has 2 aliphatic rings. The summed E-state index contributed by atoms with van der Waals surface area (Å²) in [5.41, 5.74) is 6.86. The molecule has 1 aliphatic heterocycles. The highest BCUT2D eigenvalue weighted by molar-refractivity contribution is 8.00. The smallest absolute Gasteiger partial charge is 0.0172 e. The molecule has 0 amide bonds. The Bertz CT molecular complexity index is 267. The van der Waals surface area contributed by atoms with Crippen LogP contribution in [-0.2, 0) is 0 Å². The molecule has 0 aromatic rings. The van der Waals surface area contributed by atoms with Gasteiger partial charge in [0.25, 0.3) is 0 Å². The summed E-state index contributed by atoms with van der Waals surface area (Å²) >= 11 is 2.16. The van der Waals surface area contributed by atoms with Crippen LogP contribution in [0.1, 0.15) is 46.5 Å². The first-order valence-electron chi connectivity index (χ1n) is 7.60. The van der Waals surface area contributed by atoms with Crippen LogP contribution >= 0.6 is 11.8 Å². The molecule has 2 nitrogen and oxygen atoms in total. The molecule has 3 unspecified atom stereocenters. The Balaban J connectivity index is 1.87. The lowest BCUT2D eigenvalue weighted by molar-refractivity contribution is 0.116. The van der Waals surface area contributed by atoms with Gasteiger partial charge in [-0.15, -0.1) is 0 Å². The van der Waals surface area contributed by atoms with E-state index >= 15 is 0 Å². The van der Waals surface area contributed by atoms with E-state index in [0.717, 1.165) is 5.25 Å². The molecule has 3 heteroatoms. The van der Waals surface area contributed by atoms with Crippen molar-refractivity contribution in [1.82, 2.24) is 4.90 Å². The van der Waals surface area contributed by atoms with E-state index in [2.05, 4.69) is 37.4 Å². The Hall–Kier alpha value is 0.270. The largest absolute Gasteiger partial charge is 0.327 e. The van der Waals surface area contributed by atoms with Crippen molar-refractivity contribution in [2.24, 2.45) is 17.1 Å². The molecule has 1 saturated carbocycles. The third-order valence-corrected chi connectivity index (χ3v) is 6.12. The highest BCUT2D eigenvalue weighted by atomic mass is 32.2. The summed E-state index contributed by atoms with van der Waals surface area (Å²) < 4.78 is 0. The van der Waals surface area contributed by atoms with Gasteiger partial charge in [0, 0.05) is 36.7 Å². The maximum Gasteiger partial charge on any atom is 0.0172 e. The lowest BCUT2D eigenvalue weighted by Gasteiger charge is -2.42. The van der Waals surface area contributed by atoms with E-state index in [0.29, 0.717) is 17.4 Å². The van der Waals surface area contributed by atoms with E-state index in [1.165, 1.54) is 51.1 Å². The van der Waals surface area contributed by atoms with Crippen LogP contribution in [0.2, 0.25) is 0 Å². The first-order valence-corrected chi connectivity index (χ1v) is 8.64. The van der Waals surface area contributed by atoms with Crippen LogP contribution in [0.25, 0.3) is 0 Å². The number of nitrogens with two attached hydrogens (primary N) is 1. The first kappa shape index (κ1) is 14.7. The molecule has 106 valence electrons. The van der Waals surface area contributed by atoms with Gasteiger partial charge in [0.15, 0.2) is 0 Å². The molecule has 3 atom stereocenters. The second kappa shape index (κ2) is 6.15. The van der Waals surface area contributed by atoms with Crippen molar-refractivity contribution in [3.05, 3.63) is 0 Å². The normalized spacial score (nSPS) is 37.7. The summed E-state index contributed by atoms with van der Waals surface area (Å²) in [6.07, 6.45) is 5.15. The molecular weight excluding hydrogens is 240 g/mol. The van der Waals surface area contributed by atoms with Crippen molar-refractivity contribution >= 4 is 11.8 Å². The Morgan fingerprint density at radius 1 is 1.39 bits per heavy atom. The van der Waals surface area contributed by atoms with Gasteiger partial charge in [-0.05, 0) is 37.0 Å². The fourth-order valence-corrected chi connectivity index (χ4v) is 4.73. The van der Waals surface area contributed by atoms with Crippen molar-refractivity contribution in [1.29, 1.82) is 0 Å². The van der Waals surface area contributed by atoms with Crippen LogP contribution < -0.4 is 5.73 Å². The van der Waals surface area contributed by atoms with Crippen LogP contribution in [0.15, 0.2) is 0 Å². The maximum atomic E-state index is 6.35. The van der Waals surface area contributed by atoms with E-state index in [9.17, 15) is 0 Å². The van der Waals surface area contributed by atoms with Gasteiger partial charge >= 0.3 is 0 Å². The number of thioether (sulfide) groups is 1. The summed E-state index contributed by atoms with van der Waals surface area (Å²) in [4.78, 5) is 2.68. The van der Waals surface area contributed by atoms with Crippen molar-refractivity contribution in [3.8, 4) is 0 Å². The van der Waals surface area contributed by atoms with Crippen LogP contribution in [0, 0.1) is 11.3 Å². The first-order chi connectivity index (χ1) is 8.50. The minimum atomic E-state index is 0.438. The highest BCUT2D eigenvalue weighted by Crippen LogP contribution is 2.38. The van der Waals surface area contributed by atoms with Crippen LogP contribution in [0.3, 0.4) is 0 Å². The topological polar surface area (TPSA) is 29.3 Å². The lowest BCUT2D eigenvalue weighted by Crippen LogP contribution is -2.48. The molecule has 0 spiro atoms. The lowest BCUT2D eigenvalue weighted by atomic mass is 9.70. The quantitative estimate of drug-likeness (QED) is 0.855. The number of hydrogen-bond donors (Lipinski definition) is 1. The van der Waals surface area contributed by atoms with Gasteiger partial charge in [-0.25, -0.2) is 0 Å². The third kappa shape index (κ3) is 3.88. The van der Waals surface area contributed by atoms with Gasteiger partial charge in [0.1, 0.15) is 0 Å². The fourth-order valence-electron chi connectivity index (χ4n) is 3.48. The van der Waals surface area contributed by atoms with Crippen LogP contribution in [0.5, 0.6) is 0 Å². The zero-order valence-electron chi connectivity index (χ0n) is 12.3. The van der Waals surface area contributed by atoms with Crippen molar-refractivity contribution in [2.75, 3.05) is 25.4 Å². The zero-order chi connectivity index (χ0) is 13.2. The highest BCUT2D eigenvalue weighted by Gasteiger charge is 2.34. The minimum absolute atomic E-state index is 0.438. The summed E-state index contributed by atoms with van der Waals surface area (Å²) in [6.45, 7) is 10.9. The van der Waals surface area contributed by atoms with Crippen LogP contribution in [-0.4, -0.2) is 41.6 Å². The number of nitrogens with zero attached hydrogens (tertiary/aromatic N) is 1. The van der Waals surface area contributed by atoms with Gasteiger partial charge in [-0.1, -0.05) is 20.8 Å². The van der Waals surface area contributed by atoms with Crippen molar-refractivity contribution in [3.63, 3.8) is 0 Å². The van der Waals surface area contributed by atoms with E-state index in [-0.39, 0.29) is 0 Å². The van der Waals surface area contributed by atoms with Gasteiger partial charge in [0.05, 0.1) is 0 Å². The van der Waals surface area contributed by atoms with Gasteiger partial charge in [-0.2, -0.15) is 11.8 Å². The van der Waals surface area contributed by atoms with Crippen molar-refractivity contribution in [2.45, 2.75) is 57.7 Å². The molecule has 0 radical (unpaired) electrons. The molecule has 1 heterocycles. The van der Waals surface area contributed by atoms with E-state index in [1.54, 1.807) is 0 Å². The average molecular weight is 270 g/mol. The predicted octanol–water partition coefficient (Wildman–Crippen LogP) is 2.97. The fraction of sp³-hybridized carbons (Fsp3) is 1.00. The average Bonchev–Trinajstić information content (AvgIpc) is 2.34. The Morgan fingerprint density at radius 2 is 2.17 bits per heavy atom. The number of rotatable bonds is 3. The predicted molar refractivity (Wildman–Crippen MR) is 82.1 cm³/mol. The summed E-state index contributed by atoms with van der Waals surface area (Å²) in [6, 6.07) is 0.438. The molecule has 1 saturated heterocycles. The monoisotopic (exact) mass is 270 g/mol. The zero-order valence-corrected chi connectivity index (χ0v) is 13.1. The van der Waals surface area contributed by atoms with E-state index in [1.807, 2.05) is 0 Å². The maximum absolute atomic E-state index is 6.35. The number of hydrogen-bond acceptors (Lipinski definition) is 3. The SMILES string of the molecule is CCC1CN(CC2CC(C)(C)CCC2N)CCS1. The van der Waals surface area contributed by atoms with Gasteiger partial charge in [-0.3, -0.25) is 0 Å². The molecular formula is C15H30N2S. The standard InChI is InChI=1S/C15H30N2S/c1-4-13-11-17(7-8-18-13)10-12-9-15(2,3)6-5-14(12)16/h12-14H,4-11,16H2,1-3H3. The Labute approximate surface area is 117 Å². The minimum Gasteiger partial charge on any atom is -0.327 e. The van der Waals surface area contributed by atoms with E-state index in [4.69, 9.17) is 5.73 Å². The molecule has 2 N–H and O–H groups in total. The second-order valence-electron chi connectivity index (χ2n) is 6.99. The summed E-state index contributed by atoms with van der Waals surface area (Å²) in [7, 11) is 0. The molecule has 2 rings (SSSR count). The molecule has 18 heavy (non-hydrogen) atoms. The summed E-state index contributed by atoms with van der Waals surface area (Å²) in [5.74, 6) is 2.03.